The number of thioether (sulfide) groups is 1. The smallest absolute Gasteiger partial charge is 0.229 e. The van der Waals surface area contributed by atoms with Crippen LogP contribution >= 0.6 is 11.8 Å². The summed E-state index contributed by atoms with van der Waals surface area (Å²) < 4.78 is 0. The highest BCUT2D eigenvalue weighted by Gasteiger charge is 2.56. The molecule has 5 nitrogen and oxygen atoms in total. The van der Waals surface area contributed by atoms with Crippen molar-refractivity contribution in [1.29, 1.82) is 0 Å². The van der Waals surface area contributed by atoms with Gasteiger partial charge in [-0.15, -0.1) is 0 Å². The zero-order chi connectivity index (χ0) is 16.0. The third-order valence-electron chi connectivity index (χ3n) is 6.16. The van der Waals surface area contributed by atoms with E-state index in [1.54, 1.807) is 11.8 Å². The minimum Gasteiger partial charge on any atom is -0.396 e. The average Bonchev–Trinajstić information content (AvgIpc) is 3.26. The van der Waals surface area contributed by atoms with Gasteiger partial charge in [0.15, 0.2) is 5.17 Å². The zero-order valence-electron chi connectivity index (χ0n) is 13.7. The van der Waals surface area contributed by atoms with Gasteiger partial charge in [-0.2, -0.15) is 0 Å². The van der Waals surface area contributed by atoms with E-state index in [1.165, 1.54) is 0 Å². The molecule has 0 unspecified atom stereocenters. The molecule has 0 aromatic carbocycles. The second-order valence-electron chi connectivity index (χ2n) is 7.20. The molecule has 6 heteroatoms. The van der Waals surface area contributed by atoms with Gasteiger partial charge < -0.3 is 14.9 Å². The van der Waals surface area contributed by atoms with Crippen molar-refractivity contribution in [3.8, 4) is 0 Å². The molecule has 4 aliphatic rings. The number of carbonyl (C=O) groups is 1. The highest BCUT2D eigenvalue weighted by molar-refractivity contribution is 8.16. The van der Waals surface area contributed by atoms with Crippen molar-refractivity contribution in [2.24, 2.45) is 10.4 Å². The van der Waals surface area contributed by atoms with Gasteiger partial charge >= 0.3 is 0 Å². The first-order valence-corrected chi connectivity index (χ1v) is 9.66. The Morgan fingerprint density at radius 1 is 1.52 bits per heavy atom. The molecule has 2 saturated heterocycles. The van der Waals surface area contributed by atoms with Crippen molar-refractivity contribution in [3.63, 3.8) is 0 Å². The molecule has 0 saturated carbocycles. The first-order valence-electron chi connectivity index (χ1n) is 8.78. The highest BCUT2D eigenvalue weighted by atomic mass is 32.2. The van der Waals surface area contributed by atoms with Gasteiger partial charge in [0, 0.05) is 36.3 Å². The SMILES string of the molecule is CC[C@@]1(CO)C[C@@H]2CC[C@H]1N2C(=O)CC1=CSC2=NCCCN12. The number of amidine groups is 1. The maximum absolute atomic E-state index is 13.0. The van der Waals surface area contributed by atoms with Gasteiger partial charge in [0.2, 0.25) is 5.91 Å². The van der Waals surface area contributed by atoms with E-state index in [-0.39, 0.29) is 24.0 Å². The molecule has 4 aliphatic heterocycles. The van der Waals surface area contributed by atoms with Crippen LogP contribution in [0.3, 0.4) is 0 Å². The molecule has 23 heavy (non-hydrogen) atoms. The Bertz CT molecular complexity index is 570. The van der Waals surface area contributed by atoms with Crippen LogP contribution in [-0.4, -0.2) is 57.8 Å². The van der Waals surface area contributed by atoms with Crippen LogP contribution in [0.15, 0.2) is 16.1 Å². The number of nitrogens with zero attached hydrogens (tertiary/aromatic N) is 3. The molecule has 2 bridgehead atoms. The Labute approximate surface area is 141 Å². The van der Waals surface area contributed by atoms with E-state index in [2.05, 4.69) is 27.1 Å². The Kier molecular flexibility index (Phi) is 3.92. The van der Waals surface area contributed by atoms with Crippen molar-refractivity contribution < 1.29 is 9.90 Å². The van der Waals surface area contributed by atoms with Crippen LogP contribution < -0.4 is 0 Å². The number of aliphatic hydroxyl groups is 1. The Balaban J connectivity index is 1.48. The molecule has 0 aliphatic carbocycles. The van der Waals surface area contributed by atoms with Crippen molar-refractivity contribution >= 4 is 22.8 Å². The topological polar surface area (TPSA) is 56.1 Å². The lowest BCUT2D eigenvalue weighted by Crippen LogP contribution is -2.43. The number of aliphatic hydroxyl groups excluding tert-OH is 1. The maximum atomic E-state index is 13.0. The zero-order valence-corrected chi connectivity index (χ0v) is 14.5. The minimum atomic E-state index is -0.0604. The van der Waals surface area contributed by atoms with E-state index in [1.807, 2.05) is 0 Å². The molecular formula is C17H25N3O2S. The van der Waals surface area contributed by atoms with E-state index >= 15 is 0 Å². The summed E-state index contributed by atoms with van der Waals surface area (Å²) >= 11 is 1.65. The molecule has 4 heterocycles. The lowest BCUT2D eigenvalue weighted by Gasteiger charge is -2.35. The van der Waals surface area contributed by atoms with Crippen molar-refractivity contribution in [1.82, 2.24) is 9.80 Å². The third-order valence-corrected chi connectivity index (χ3v) is 7.11. The minimum absolute atomic E-state index is 0.0604. The van der Waals surface area contributed by atoms with Gasteiger partial charge in [-0.1, -0.05) is 18.7 Å². The standard InChI is InChI=1S/C17H25N3O2S/c1-2-17(11-21)9-12-4-5-14(17)20(12)15(22)8-13-10-23-16-18-6-3-7-19(13)16/h10,12,14,21H,2-9,11H2,1H3/t12-,14+,17-/m0/s1. The van der Waals surface area contributed by atoms with E-state index in [4.69, 9.17) is 0 Å². The van der Waals surface area contributed by atoms with Crippen LogP contribution in [0, 0.1) is 5.41 Å². The average molecular weight is 335 g/mol. The van der Waals surface area contributed by atoms with E-state index in [0.29, 0.717) is 12.5 Å². The molecule has 0 radical (unpaired) electrons. The number of rotatable bonds is 4. The number of hydrogen-bond acceptors (Lipinski definition) is 5. The summed E-state index contributed by atoms with van der Waals surface area (Å²) in [5, 5.41) is 13.1. The van der Waals surface area contributed by atoms with Gasteiger partial charge in [-0.3, -0.25) is 9.79 Å². The van der Waals surface area contributed by atoms with E-state index < -0.39 is 0 Å². The fourth-order valence-corrected chi connectivity index (χ4v) is 5.80. The van der Waals surface area contributed by atoms with Gasteiger partial charge in [-0.05, 0) is 37.5 Å². The molecule has 1 N–H and O–H groups in total. The van der Waals surface area contributed by atoms with Gasteiger partial charge in [0.1, 0.15) is 0 Å². The molecular weight excluding hydrogens is 310 g/mol. The summed E-state index contributed by atoms with van der Waals surface area (Å²) in [5.41, 5.74) is 1.05. The van der Waals surface area contributed by atoms with Gasteiger partial charge in [0.05, 0.1) is 13.0 Å². The monoisotopic (exact) mass is 335 g/mol. The normalized spacial score (nSPS) is 35.4. The molecule has 0 aromatic heterocycles. The Hall–Kier alpha value is -1.01. The predicted molar refractivity (Wildman–Crippen MR) is 92.0 cm³/mol. The lowest BCUT2D eigenvalue weighted by molar-refractivity contribution is -0.132. The molecule has 126 valence electrons. The Morgan fingerprint density at radius 2 is 2.39 bits per heavy atom. The molecule has 0 aromatic rings. The molecule has 2 fully saturated rings. The van der Waals surface area contributed by atoms with Crippen LogP contribution in [-0.2, 0) is 4.79 Å². The summed E-state index contributed by atoms with van der Waals surface area (Å²) in [7, 11) is 0. The first kappa shape index (κ1) is 15.5. The van der Waals surface area contributed by atoms with Crippen molar-refractivity contribution in [2.45, 2.75) is 57.5 Å². The summed E-state index contributed by atoms with van der Waals surface area (Å²) in [6.45, 7) is 4.23. The van der Waals surface area contributed by atoms with E-state index in [9.17, 15) is 9.90 Å². The van der Waals surface area contributed by atoms with E-state index in [0.717, 1.165) is 56.1 Å². The number of carbonyl (C=O) groups excluding carboxylic acids is 1. The van der Waals surface area contributed by atoms with Crippen molar-refractivity contribution in [3.05, 3.63) is 11.1 Å². The lowest BCUT2D eigenvalue weighted by atomic mass is 9.72. The van der Waals surface area contributed by atoms with Crippen LogP contribution in [0.5, 0.6) is 0 Å². The molecule has 0 spiro atoms. The number of amides is 1. The molecule has 4 rings (SSSR count). The van der Waals surface area contributed by atoms with Crippen LogP contribution in [0.4, 0.5) is 0 Å². The number of aliphatic imine (C=N–C) groups is 1. The second kappa shape index (κ2) is 5.81. The second-order valence-corrected chi connectivity index (χ2v) is 8.04. The largest absolute Gasteiger partial charge is 0.396 e. The fourth-order valence-electron chi connectivity index (χ4n) is 4.85. The number of fused-ring (bicyclic) bond motifs is 3. The predicted octanol–water partition coefficient (Wildman–Crippen LogP) is 2.18. The van der Waals surface area contributed by atoms with Crippen LogP contribution in [0.2, 0.25) is 0 Å². The summed E-state index contributed by atoms with van der Waals surface area (Å²) in [4.78, 5) is 21.8. The maximum Gasteiger partial charge on any atom is 0.229 e. The van der Waals surface area contributed by atoms with Gasteiger partial charge in [0.25, 0.3) is 0 Å². The highest BCUT2D eigenvalue weighted by Crippen LogP contribution is 2.51. The van der Waals surface area contributed by atoms with Crippen molar-refractivity contribution in [2.75, 3.05) is 19.7 Å². The summed E-state index contributed by atoms with van der Waals surface area (Å²) in [5.74, 6) is 0.236. The number of hydrogen-bond donors (Lipinski definition) is 1. The summed E-state index contributed by atoms with van der Waals surface area (Å²) in [6, 6.07) is 0.572. The molecule has 1 amide bonds. The quantitative estimate of drug-likeness (QED) is 0.855. The molecule has 3 atom stereocenters. The van der Waals surface area contributed by atoms with Crippen LogP contribution in [0.25, 0.3) is 0 Å². The fraction of sp³-hybridized carbons (Fsp3) is 0.765. The third kappa shape index (κ3) is 2.33. The van der Waals surface area contributed by atoms with Gasteiger partial charge in [-0.25, -0.2) is 0 Å². The summed E-state index contributed by atoms with van der Waals surface area (Å²) in [6.07, 6.45) is 5.62. The first-order chi connectivity index (χ1) is 11.2. The van der Waals surface area contributed by atoms with Crippen LogP contribution in [0.1, 0.15) is 45.4 Å². The Morgan fingerprint density at radius 3 is 3.13 bits per heavy atom.